The number of carbonyl (C=O) groups excluding carboxylic acids is 3. The fourth-order valence-corrected chi connectivity index (χ4v) is 5.28. The van der Waals surface area contributed by atoms with Crippen molar-refractivity contribution in [2.75, 3.05) is 5.32 Å². The quantitative estimate of drug-likeness (QED) is 0.718. The van der Waals surface area contributed by atoms with E-state index in [-0.39, 0.29) is 35.7 Å². The summed E-state index contributed by atoms with van der Waals surface area (Å²) in [6, 6.07) is 5.16. The summed E-state index contributed by atoms with van der Waals surface area (Å²) in [4.78, 5) is 41.3. The lowest BCUT2D eigenvalue weighted by molar-refractivity contribution is -0.145. The molecule has 3 aliphatic heterocycles. The highest BCUT2D eigenvalue weighted by Gasteiger charge is 2.71. The fourth-order valence-electron chi connectivity index (χ4n) is 4.92. The van der Waals surface area contributed by atoms with Gasteiger partial charge in [-0.15, -0.1) is 0 Å². The Hall–Kier alpha value is -1.73. The third kappa shape index (κ3) is 2.30. The topological polar surface area (TPSA) is 78.5 Å². The van der Waals surface area contributed by atoms with E-state index in [9.17, 15) is 14.4 Å². The summed E-state index contributed by atoms with van der Waals surface area (Å²) in [6.45, 7) is 7.89. The van der Waals surface area contributed by atoms with E-state index in [1.807, 2.05) is 45.9 Å². The van der Waals surface area contributed by atoms with Crippen molar-refractivity contribution in [3.63, 3.8) is 0 Å². The highest BCUT2D eigenvalue weighted by molar-refractivity contribution is 9.10. The van der Waals surface area contributed by atoms with Crippen molar-refractivity contribution < 1.29 is 14.4 Å². The molecule has 2 saturated heterocycles. The van der Waals surface area contributed by atoms with Gasteiger partial charge >= 0.3 is 0 Å². The normalized spacial score (nSPS) is 33.0. The van der Waals surface area contributed by atoms with Crippen LogP contribution in [0.2, 0.25) is 0 Å². The van der Waals surface area contributed by atoms with Gasteiger partial charge in [-0.3, -0.25) is 24.6 Å². The van der Waals surface area contributed by atoms with Crippen molar-refractivity contribution >= 4 is 39.3 Å². The average Bonchev–Trinajstić information content (AvgIpc) is 3.20. The van der Waals surface area contributed by atoms with Crippen molar-refractivity contribution in [2.24, 2.45) is 17.8 Å². The van der Waals surface area contributed by atoms with Crippen molar-refractivity contribution in [1.29, 1.82) is 0 Å². The molecule has 3 heterocycles. The Bertz CT molecular complexity index is 855. The second-order valence-corrected chi connectivity index (χ2v) is 9.09. The summed E-state index contributed by atoms with van der Waals surface area (Å²) in [6.07, 6.45) is 0.692. The summed E-state index contributed by atoms with van der Waals surface area (Å²) >= 11 is 3.48. The van der Waals surface area contributed by atoms with Crippen LogP contribution in [0.15, 0.2) is 22.7 Å². The standard InChI is InChI=1S/C20H24BrN3O3/c1-5-10(4)24-17(25)14-15(18(24)26)20(23-16(14)9(2)3)12-8-11(21)6-7-13(12)22-19(20)27/h6-10,14-16,23H,5H2,1-4H3,(H,22,27)/t10-,14+,15-,16+,20+/m0/s1. The number of nitrogens with zero attached hydrogens (tertiary/aromatic N) is 1. The SMILES string of the molecule is CC[C@H](C)N1C(=O)[C@H]2[C@@H](C(C)C)N[C@@]3(C(=O)Nc4ccc(Br)cc43)[C@@H]2C1=O. The molecule has 7 heteroatoms. The van der Waals surface area contributed by atoms with Crippen LogP contribution in [-0.2, 0) is 19.9 Å². The van der Waals surface area contributed by atoms with Crippen LogP contribution in [0, 0.1) is 17.8 Å². The molecule has 144 valence electrons. The van der Waals surface area contributed by atoms with Gasteiger partial charge < -0.3 is 5.32 Å². The number of likely N-dealkylation sites (tertiary alicyclic amines) is 1. The van der Waals surface area contributed by atoms with E-state index >= 15 is 0 Å². The average molecular weight is 434 g/mol. The Balaban J connectivity index is 1.92. The molecule has 2 N–H and O–H groups in total. The largest absolute Gasteiger partial charge is 0.324 e. The van der Waals surface area contributed by atoms with E-state index in [2.05, 4.69) is 26.6 Å². The monoisotopic (exact) mass is 433 g/mol. The minimum absolute atomic E-state index is 0.106. The predicted octanol–water partition coefficient (Wildman–Crippen LogP) is 2.62. The van der Waals surface area contributed by atoms with E-state index in [0.29, 0.717) is 12.1 Å². The molecule has 0 aliphatic carbocycles. The lowest BCUT2D eigenvalue weighted by atomic mass is 9.76. The number of hydrogen-bond donors (Lipinski definition) is 2. The van der Waals surface area contributed by atoms with E-state index < -0.39 is 17.4 Å². The van der Waals surface area contributed by atoms with Gasteiger partial charge in [0.15, 0.2) is 0 Å². The van der Waals surface area contributed by atoms with Gasteiger partial charge in [0.2, 0.25) is 17.7 Å². The van der Waals surface area contributed by atoms with Gasteiger partial charge in [-0.05, 0) is 37.5 Å². The third-order valence-electron chi connectivity index (χ3n) is 6.40. The summed E-state index contributed by atoms with van der Waals surface area (Å²) < 4.78 is 0.832. The smallest absolute Gasteiger partial charge is 0.250 e. The number of amides is 3. The number of benzene rings is 1. The lowest BCUT2D eigenvalue weighted by Gasteiger charge is -2.31. The second-order valence-electron chi connectivity index (χ2n) is 8.17. The van der Waals surface area contributed by atoms with Gasteiger partial charge in [0, 0.05) is 27.8 Å². The predicted molar refractivity (Wildman–Crippen MR) is 105 cm³/mol. The first-order chi connectivity index (χ1) is 12.7. The van der Waals surface area contributed by atoms with Gasteiger partial charge in [0.1, 0.15) is 5.54 Å². The zero-order valence-electron chi connectivity index (χ0n) is 15.9. The van der Waals surface area contributed by atoms with Gasteiger partial charge in [0.25, 0.3) is 0 Å². The Morgan fingerprint density at radius 1 is 1.19 bits per heavy atom. The molecule has 5 atom stereocenters. The molecule has 1 spiro atoms. The fraction of sp³-hybridized carbons (Fsp3) is 0.550. The number of nitrogens with one attached hydrogen (secondary N) is 2. The number of rotatable bonds is 3. The van der Waals surface area contributed by atoms with E-state index in [0.717, 1.165) is 10.0 Å². The Kier molecular flexibility index (Phi) is 4.23. The van der Waals surface area contributed by atoms with Crippen molar-refractivity contribution in [3.05, 3.63) is 28.2 Å². The third-order valence-corrected chi connectivity index (χ3v) is 6.89. The number of imide groups is 1. The first-order valence-electron chi connectivity index (χ1n) is 9.50. The van der Waals surface area contributed by atoms with Crippen LogP contribution in [0.5, 0.6) is 0 Å². The molecule has 3 amide bonds. The number of halogens is 1. The first kappa shape index (κ1) is 18.6. The van der Waals surface area contributed by atoms with Crippen LogP contribution in [-0.4, -0.2) is 34.7 Å². The van der Waals surface area contributed by atoms with Gasteiger partial charge in [-0.25, -0.2) is 0 Å². The van der Waals surface area contributed by atoms with Crippen molar-refractivity contribution in [1.82, 2.24) is 10.2 Å². The van der Waals surface area contributed by atoms with Crippen LogP contribution in [0.25, 0.3) is 0 Å². The summed E-state index contributed by atoms with van der Waals surface area (Å²) in [7, 11) is 0. The number of carbonyl (C=O) groups is 3. The zero-order chi connectivity index (χ0) is 19.7. The number of fused-ring (bicyclic) bond motifs is 4. The molecular weight excluding hydrogens is 410 g/mol. The Labute approximate surface area is 167 Å². The van der Waals surface area contributed by atoms with Crippen LogP contribution in [0.1, 0.15) is 39.7 Å². The van der Waals surface area contributed by atoms with E-state index in [4.69, 9.17) is 0 Å². The van der Waals surface area contributed by atoms with E-state index in [1.165, 1.54) is 4.90 Å². The summed E-state index contributed by atoms with van der Waals surface area (Å²) in [5.74, 6) is -1.78. The molecule has 1 aromatic carbocycles. The molecule has 2 fully saturated rings. The molecule has 0 bridgehead atoms. The Morgan fingerprint density at radius 2 is 1.89 bits per heavy atom. The maximum Gasteiger partial charge on any atom is 0.250 e. The molecule has 0 aromatic heterocycles. The minimum Gasteiger partial charge on any atom is -0.324 e. The van der Waals surface area contributed by atoms with E-state index in [1.54, 1.807) is 0 Å². The molecule has 27 heavy (non-hydrogen) atoms. The van der Waals surface area contributed by atoms with Gasteiger partial charge in [0.05, 0.1) is 11.8 Å². The molecule has 6 nitrogen and oxygen atoms in total. The zero-order valence-corrected chi connectivity index (χ0v) is 17.5. The molecule has 0 unspecified atom stereocenters. The highest BCUT2D eigenvalue weighted by Crippen LogP contribution is 2.54. The van der Waals surface area contributed by atoms with Gasteiger partial charge in [-0.1, -0.05) is 36.7 Å². The summed E-state index contributed by atoms with van der Waals surface area (Å²) in [5, 5.41) is 6.36. The maximum absolute atomic E-state index is 13.4. The molecule has 0 saturated carbocycles. The minimum atomic E-state index is -1.20. The molecule has 0 radical (unpaired) electrons. The second kappa shape index (κ2) is 6.14. The molecular formula is C20H24BrN3O3. The first-order valence-corrected chi connectivity index (χ1v) is 10.3. The van der Waals surface area contributed by atoms with Crippen molar-refractivity contribution in [2.45, 2.75) is 51.7 Å². The number of anilines is 1. The molecule has 1 aromatic rings. The van der Waals surface area contributed by atoms with Crippen LogP contribution < -0.4 is 10.6 Å². The highest BCUT2D eigenvalue weighted by atomic mass is 79.9. The lowest BCUT2D eigenvalue weighted by Crippen LogP contribution is -2.54. The maximum atomic E-state index is 13.4. The van der Waals surface area contributed by atoms with Crippen LogP contribution in [0.4, 0.5) is 5.69 Å². The number of hydrogen-bond acceptors (Lipinski definition) is 4. The Morgan fingerprint density at radius 3 is 2.52 bits per heavy atom. The van der Waals surface area contributed by atoms with Gasteiger partial charge in [-0.2, -0.15) is 0 Å². The van der Waals surface area contributed by atoms with Crippen LogP contribution >= 0.6 is 15.9 Å². The summed E-state index contributed by atoms with van der Waals surface area (Å²) in [5.41, 5.74) is 0.237. The molecule has 3 aliphatic rings. The molecule has 4 rings (SSSR count). The van der Waals surface area contributed by atoms with Crippen LogP contribution in [0.3, 0.4) is 0 Å². The van der Waals surface area contributed by atoms with Crippen molar-refractivity contribution in [3.8, 4) is 0 Å².